The zero-order valence-electron chi connectivity index (χ0n) is 15.0. The maximum absolute atomic E-state index is 12.7. The Balaban J connectivity index is 1.40. The fourth-order valence-electron chi connectivity index (χ4n) is 3.70. The van der Waals surface area contributed by atoms with E-state index in [0.717, 1.165) is 82.0 Å². The Morgan fingerprint density at radius 3 is 2.69 bits per heavy atom. The molecule has 1 saturated heterocycles. The first-order valence-corrected chi connectivity index (χ1v) is 9.37. The van der Waals surface area contributed by atoms with Crippen LogP contribution in [0.1, 0.15) is 24.1 Å². The fourth-order valence-corrected chi connectivity index (χ4v) is 3.70. The molecule has 0 radical (unpaired) electrons. The van der Waals surface area contributed by atoms with E-state index < -0.39 is 0 Å². The molecule has 0 aromatic carbocycles. The number of hydrogen-bond acceptors (Lipinski definition) is 5. The van der Waals surface area contributed by atoms with Crippen LogP contribution in [-0.4, -0.2) is 68.1 Å². The number of likely N-dealkylation sites (tertiary alicyclic amines) is 1. The molecule has 0 spiro atoms. The second-order valence-corrected chi connectivity index (χ2v) is 6.84. The largest absolute Gasteiger partial charge is 0.368 e. The molecule has 0 unspecified atom stereocenters. The van der Waals surface area contributed by atoms with E-state index in [0.29, 0.717) is 0 Å². The van der Waals surface area contributed by atoms with Gasteiger partial charge in [-0.15, -0.1) is 0 Å². The van der Waals surface area contributed by atoms with Gasteiger partial charge in [-0.3, -0.25) is 0 Å². The van der Waals surface area contributed by atoms with Crippen molar-refractivity contribution < 1.29 is 4.79 Å². The number of urea groups is 1. The first-order chi connectivity index (χ1) is 12.8. The van der Waals surface area contributed by atoms with E-state index in [9.17, 15) is 4.79 Å². The summed E-state index contributed by atoms with van der Waals surface area (Å²) in [6, 6.07) is 0.179. The van der Waals surface area contributed by atoms with Crippen molar-refractivity contribution in [3.63, 3.8) is 0 Å². The number of amides is 2. The third kappa shape index (κ3) is 3.63. The molecule has 0 aliphatic carbocycles. The van der Waals surface area contributed by atoms with Gasteiger partial charge in [-0.1, -0.05) is 0 Å². The van der Waals surface area contributed by atoms with Crippen LogP contribution in [0.4, 0.5) is 10.6 Å². The van der Waals surface area contributed by atoms with E-state index in [4.69, 9.17) is 0 Å². The molecule has 4 heterocycles. The van der Waals surface area contributed by atoms with Crippen LogP contribution in [0, 0.1) is 0 Å². The number of hydrogen-bond donors (Lipinski definition) is 1. The molecule has 2 aliphatic heterocycles. The molecule has 0 saturated carbocycles. The lowest BCUT2D eigenvalue weighted by Crippen LogP contribution is -2.43. The Bertz CT molecular complexity index is 740. The van der Waals surface area contributed by atoms with Gasteiger partial charge in [-0.05, 0) is 19.3 Å². The van der Waals surface area contributed by atoms with Gasteiger partial charge in [0, 0.05) is 63.6 Å². The average molecular weight is 355 g/mol. The van der Waals surface area contributed by atoms with Crippen LogP contribution in [0.2, 0.25) is 0 Å². The summed E-state index contributed by atoms with van der Waals surface area (Å²) in [5.41, 5.74) is 2.21. The molecular formula is C18H25N7O. The molecule has 0 atom stereocenters. The summed E-state index contributed by atoms with van der Waals surface area (Å²) in [5.74, 6) is 0.894. The zero-order valence-corrected chi connectivity index (χ0v) is 15.0. The lowest BCUT2D eigenvalue weighted by atomic mass is 10.1. The van der Waals surface area contributed by atoms with Crippen LogP contribution in [0.25, 0.3) is 0 Å². The molecular weight excluding hydrogens is 330 g/mol. The highest BCUT2D eigenvalue weighted by molar-refractivity contribution is 5.75. The molecule has 4 rings (SSSR count). The topological polar surface area (TPSA) is 79.2 Å². The average Bonchev–Trinajstić information content (AvgIpc) is 3.33. The molecule has 1 fully saturated rings. The van der Waals surface area contributed by atoms with Crippen molar-refractivity contribution in [1.82, 2.24) is 29.3 Å². The number of carbonyl (C=O) groups excluding carboxylic acids is 1. The Labute approximate surface area is 153 Å². The minimum Gasteiger partial charge on any atom is -0.368 e. The van der Waals surface area contributed by atoms with E-state index in [2.05, 4.69) is 20.3 Å². The van der Waals surface area contributed by atoms with E-state index in [1.807, 2.05) is 26.9 Å². The molecule has 138 valence electrons. The first kappa shape index (κ1) is 16.8. The number of nitrogens with zero attached hydrogens (tertiary/aromatic N) is 6. The van der Waals surface area contributed by atoms with E-state index in [-0.39, 0.29) is 6.03 Å². The van der Waals surface area contributed by atoms with E-state index in [1.165, 1.54) is 0 Å². The van der Waals surface area contributed by atoms with E-state index in [1.54, 1.807) is 12.5 Å². The standard InChI is InChI=1S/C18H25N7O/c26-18(24-7-1-2-8-24)25-9-3-15-16(4-10-25)21-13-22-17(15)20-6-12-23-11-5-19-14-23/h5,11,13-14H,1-4,6-10,12H2,(H,20,21,22). The number of imidazole rings is 1. The monoisotopic (exact) mass is 355 g/mol. The van der Waals surface area contributed by atoms with Crippen LogP contribution < -0.4 is 5.32 Å². The quantitative estimate of drug-likeness (QED) is 0.897. The predicted molar refractivity (Wildman–Crippen MR) is 97.9 cm³/mol. The van der Waals surface area contributed by atoms with Crippen LogP contribution in [0.3, 0.4) is 0 Å². The summed E-state index contributed by atoms with van der Waals surface area (Å²) in [5, 5.41) is 3.42. The van der Waals surface area contributed by atoms with Gasteiger partial charge in [-0.2, -0.15) is 0 Å². The van der Waals surface area contributed by atoms with Gasteiger partial charge in [0.25, 0.3) is 0 Å². The van der Waals surface area contributed by atoms with Crippen LogP contribution in [-0.2, 0) is 19.4 Å². The minimum absolute atomic E-state index is 0.179. The van der Waals surface area contributed by atoms with Gasteiger partial charge >= 0.3 is 6.03 Å². The second kappa shape index (κ2) is 7.72. The fraction of sp³-hybridized carbons (Fsp3) is 0.556. The number of anilines is 1. The van der Waals surface area contributed by atoms with Crippen molar-refractivity contribution in [2.24, 2.45) is 0 Å². The van der Waals surface area contributed by atoms with Gasteiger partial charge in [0.1, 0.15) is 12.1 Å². The molecule has 8 nitrogen and oxygen atoms in total. The van der Waals surface area contributed by atoms with Crippen LogP contribution in [0.15, 0.2) is 25.0 Å². The second-order valence-electron chi connectivity index (χ2n) is 6.84. The summed E-state index contributed by atoms with van der Waals surface area (Å²) < 4.78 is 2.03. The SMILES string of the molecule is O=C(N1CCCC1)N1CCc2ncnc(NCCn3ccnc3)c2CC1. The van der Waals surface area contributed by atoms with Gasteiger partial charge in [0.05, 0.1) is 12.0 Å². The Kier molecular flexibility index (Phi) is 4.99. The van der Waals surface area contributed by atoms with Crippen molar-refractivity contribution in [2.75, 3.05) is 38.0 Å². The summed E-state index contributed by atoms with van der Waals surface area (Å²) in [6.45, 7) is 4.85. The Morgan fingerprint density at radius 2 is 1.88 bits per heavy atom. The van der Waals surface area contributed by atoms with Gasteiger partial charge in [-0.25, -0.2) is 19.7 Å². The molecule has 26 heavy (non-hydrogen) atoms. The number of aromatic nitrogens is 4. The normalized spacial score (nSPS) is 17.1. The molecule has 2 aromatic heterocycles. The number of carbonyl (C=O) groups is 1. The van der Waals surface area contributed by atoms with Gasteiger partial charge < -0.3 is 19.7 Å². The molecule has 2 aliphatic rings. The lowest BCUT2D eigenvalue weighted by Gasteiger charge is -2.26. The zero-order chi connectivity index (χ0) is 17.8. The number of fused-ring (bicyclic) bond motifs is 1. The smallest absolute Gasteiger partial charge is 0.320 e. The molecule has 1 N–H and O–H groups in total. The molecule has 2 amide bonds. The maximum Gasteiger partial charge on any atom is 0.320 e. The van der Waals surface area contributed by atoms with E-state index >= 15 is 0 Å². The maximum atomic E-state index is 12.7. The highest BCUT2D eigenvalue weighted by atomic mass is 16.2. The van der Waals surface area contributed by atoms with Gasteiger partial charge in [0.15, 0.2) is 0 Å². The highest BCUT2D eigenvalue weighted by Crippen LogP contribution is 2.21. The highest BCUT2D eigenvalue weighted by Gasteiger charge is 2.26. The van der Waals surface area contributed by atoms with Crippen LogP contribution in [0.5, 0.6) is 0 Å². The third-order valence-corrected chi connectivity index (χ3v) is 5.15. The van der Waals surface area contributed by atoms with Crippen molar-refractivity contribution in [1.29, 1.82) is 0 Å². The number of rotatable bonds is 4. The lowest BCUT2D eigenvalue weighted by molar-refractivity contribution is 0.164. The Morgan fingerprint density at radius 1 is 1.08 bits per heavy atom. The first-order valence-electron chi connectivity index (χ1n) is 9.37. The molecule has 2 aromatic rings. The summed E-state index contributed by atoms with van der Waals surface area (Å²) in [4.78, 5) is 29.6. The predicted octanol–water partition coefficient (Wildman–Crippen LogP) is 1.40. The number of nitrogens with one attached hydrogen (secondary N) is 1. The van der Waals surface area contributed by atoms with Gasteiger partial charge in [0.2, 0.25) is 0 Å². The summed E-state index contributed by atoms with van der Waals surface area (Å²) >= 11 is 0. The Hall–Kier alpha value is -2.64. The van der Waals surface area contributed by atoms with Crippen LogP contribution >= 0.6 is 0 Å². The summed E-state index contributed by atoms with van der Waals surface area (Å²) in [7, 11) is 0. The summed E-state index contributed by atoms with van der Waals surface area (Å²) in [6.07, 6.45) is 11.0. The molecule has 8 heteroatoms. The third-order valence-electron chi connectivity index (χ3n) is 5.15. The molecule has 0 bridgehead atoms. The van der Waals surface area contributed by atoms with Crippen molar-refractivity contribution in [2.45, 2.75) is 32.2 Å². The van der Waals surface area contributed by atoms with Crippen molar-refractivity contribution >= 4 is 11.8 Å². The van der Waals surface area contributed by atoms with Crippen molar-refractivity contribution in [3.8, 4) is 0 Å². The minimum atomic E-state index is 0.179. The van der Waals surface area contributed by atoms with Crippen molar-refractivity contribution in [3.05, 3.63) is 36.3 Å².